The lowest BCUT2D eigenvalue weighted by Crippen LogP contribution is -2.32. The number of hydrogen-bond acceptors (Lipinski definition) is 7. The predicted octanol–water partition coefficient (Wildman–Crippen LogP) is 2.04. The molecule has 1 unspecified atom stereocenters. The summed E-state index contributed by atoms with van der Waals surface area (Å²) in [4.78, 5) is 24.0. The number of thioether (sulfide) groups is 1. The molecule has 29 heavy (non-hydrogen) atoms. The molecule has 3 rings (SSSR count). The average molecular weight is 443 g/mol. The van der Waals surface area contributed by atoms with Gasteiger partial charge in [0.25, 0.3) is 5.56 Å². The Balaban J connectivity index is 1.99. The number of rotatable bonds is 8. The van der Waals surface area contributed by atoms with Crippen LogP contribution in [-0.2, 0) is 4.74 Å². The first-order valence-corrected chi connectivity index (χ1v) is 14.0. The molecule has 8 nitrogen and oxygen atoms in total. The topological polar surface area (TPSA) is 113 Å². The van der Waals surface area contributed by atoms with Crippen molar-refractivity contribution in [3.8, 4) is 0 Å². The van der Waals surface area contributed by atoms with Gasteiger partial charge in [-0.15, -0.1) is 13.2 Å². The molecule has 0 aliphatic carbocycles. The Kier molecular flexibility index (Phi) is 6.95. The van der Waals surface area contributed by atoms with Crippen molar-refractivity contribution in [2.45, 2.75) is 62.8 Å². The van der Waals surface area contributed by atoms with E-state index in [9.17, 15) is 15.0 Å². The molecule has 2 aromatic heterocycles. The monoisotopic (exact) mass is 442 g/mol. The van der Waals surface area contributed by atoms with E-state index in [0.717, 1.165) is 24.8 Å². The number of aliphatic hydroxyl groups excluding tert-OH is 2. The number of nitrogens with one attached hydrogen (secondary N) is 1. The molecule has 1 fully saturated rings. The summed E-state index contributed by atoms with van der Waals surface area (Å²) in [5.74, 6) is 1.29. The summed E-state index contributed by atoms with van der Waals surface area (Å²) in [6.45, 7) is 6.79. The molecule has 1 saturated heterocycles. The van der Waals surface area contributed by atoms with Crippen molar-refractivity contribution >= 4 is 36.1 Å². The number of imidazole rings is 1. The van der Waals surface area contributed by atoms with E-state index in [-0.39, 0.29) is 11.1 Å². The van der Waals surface area contributed by atoms with Crippen molar-refractivity contribution in [2.75, 3.05) is 25.2 Å². The van der Waals surface area contributed by atoms with E-state index in [0.29, 0.717) is 23.0 Å². The number of aromatic nitrogens is 4. The molecule has 2 aromatic rings. The van der Waals surface area contributed by atoms with Crippen LogP contribution in [0.2, 0.25) is 0 Å². The number of aromatic amines is 1. The number of aryl methyl sites for hydroxylation is 1. The molecule has 1 aliphatic heterocycles. The minimum Gasteiger partial charge on any atom is -0.388 e. The first-order valence-electron chi connectivity index (χ1n) is 9.93. The lowest BCUT2D eigenvalue weighted by Gasteiger charge is -2.20. The van der Waals surface area contributed by atoms with Gasteiger partial charge in [0, 0.05) is 5.75 Å². The number of H-pyrrole nitrogens is 1. The van der Waals surface area contributed by atoms with Crippen LogP contribution in [-0.4, -0.2) is 79.6 Å². The smallest absolute Gasteiger partial charge is 0.279 e. The van der Waals surface area contributed by atoms with Crippen LogP contribution in [0.1, 0.15) is 38.2 Å². The van der Waals surface area contributed by atoms with Crippen LogP contribution in [0.25, 0.3) is 11.2 Å². The summed E-state index contributed by atoms with van der Waals surface area (Å²) < 4.78 is 7.78. The molecule has 1 aliphatic rings. The third kappa shape index (κ3) is 4.97. The third-order valence-electron chi connectivity index (χ3n) is 4.98. The second kappa shape index (κ2) is 8.94. The fourth-order valence-electron chi connectivity index (χ4n) is 3.37. The third-order valence-corrected chi connectivity index (χ3v) is 7.48. The van der Waals surface area contributed by atoms with Crippen LogP contribution in [0, 0.1) is 6.92 Å². The maximum absolute atomic E-state index is 12.4. The van der Waals surface area contributed by atoms with Gasteiger partial charge in [-0.1, -0.05) is 25.1 Å². The van der Waals surface area contributed by atoms with Crippen molar-refractivity contribution in [3.63, 3.8) is 0 Å². The Bertz CT molecular complexity index is 969. The molecule has 3 N–H and O–H groups in total. The zero-order chi connectivity index (χ0) is 21.3. The van der Waals surface area contributed by atoms with Crippen molar-refractivity contribution in [2.24, 2.45) is 0 Å². The molecule has 0 radical (unpaired) electrons. The Morgan fingerprint density at radius 1 is 1.31 bits per heavy atom. The van der Waals surface area contributed by atoms with E-state index in [1.807, 2.05) is 0 Å². The van der Waals surface area contributed by atoms with E-state index < -0.39 is 31.4 Å². The van der Waals surface area contributed by atoms with Crippen LogP contribution in [0.5, 0.6) is 0 Å². The lowest BCUT2D eigenvalue weighted by atomic mass is 10.1. The molecular formula is C19H31N4O4PS. The molecule has 10 heteroatoms. The van der Waals surface area contributed by atoms with Crippen LogP contribution in [0.3, 0.4) is 0 Å². The SMILES string of the molecule is C=P(C)(C)CC[C@H]1OC(n2c(SCCCC)nc3c(=O)[nH]c(C)nc32)[C@H](O)[C@@H]1O. The van der Waals surface area contributed by atoms with Gasteiger partial charge in [0.1, 0.15) is 18.0 Å². The van der Waals surface area contributed by atoms with Crippen molar-refractivity contribution in [1.29, 1.82) is 0 Å². The zero-order valence-electron chi connectivity index (χ0n) is 17.5. The quantitative estimate of drug-likeness (QED) is 0.326. The summed E-state index contributed by atoms with van der Waals surface area (Å²) in [5, 5.41) is 21.9. The number of aliphatic hydroxyl groups is 2. The second-order valence-electron chi connectivity index (χ2n) is 8.28. The fraction of sp³-hybridized carbons (Fsp3) is 0.684. The lowest BCUT2D eigenvalue weighted by molar-refractivity contribution is -0.0400. The largest absolute Gasteiger partial charge is 0.388 e. The Hall–Kier alpha value is -1.12. The summed E-state index contributed by atoms with van der Waals surface area (Å²) in [5.41, 5.74) is 0.261. The summed E-state index contributed by atoms with van der Waals surface area (Å²) >= 11 is 1.50. The van der Waals surface area contributed by atoms with Gasteiger partial charge in [-0.25, -0.2) is 9.97 Å². The number of ether oxygens (including phenoxy) is 1. The number of fused-ring (bicyclic) bond motifs is 1. The highest BCUT2D eigenvalue weighted by Crippen LogP contribution is 2.41. The summed E-state index contributed by atoms with van der Waals surface area (Å²) in [6.07, 6.45) is 4.24. The molecule has 0 aromatic carbocycles. The average Bonchev–Trinajstić information content (AvgIpc) is 3.11. The van der Waals surface area contributed by atoms with Gasteiger partial charge in [0.05, 0.1) is 6.10 Å². The maximum Gasteiger partial charge on any atom is 0.279 e. The van der Waals surface area contributed by atoms with Gasteiger partial charge in [-0.05, 0) is 39.3 Å². The van der Waals surface area contributed by atoms with Gasteiger partial charge >= 0.3 is 0 Å². The second-order valence-corrected chi connectivity index (χ2v) is 13.7. The van der Waals surface area contributed by atoms with E-state index in [1.54, 1.807) is 11.5 Å². The van der Waals surface area contributed by atoms with E-state index in [4.69, 9.17) is 4.74 Å². The van der Waals surface area contributed by atoms with Gasteiger partial charge in [0.2, 0.25) is 0 Å². The molecule has 162 valence electrons. The van der Waals surface area contributed by atoms with Crippen molar-refractivity contribution < 1.29 is 14.9 Å². The molecule has 0 amide bonds. The minimum absolute atomic E-state index is 0.216. The minimum atomic E-state index is -1.28. The van der Waals surface area contributed by atoms with Crippen molar-refractivity contribution in [3.05, 3.63) is 16.2 Å². The van der Waals surface area contributed by atoms with E-state index in [2.05, 4.69) is 41.5 Å². The van der Waals surface area contributed by atoms with Gasteiger partial charge in [-0.3, -0.25) is 9.36 Å². The van der Waals surface area contributed by atoms with Gasteiger partial charge in [-0.2, -0.15) is 0 Å². The number of unbranched alkanes of at least 4 members (excludes halogenated alkanes) is 1. The van der Waals surface area contributed by atoms with Crippen LogP contribution < -0.4 is 5.56 Å². The van der Waals surface area contributed by atoms with Crippen LogP contribution in [0.4, 0.5) is 0 Å². The number of hydrogen-bond donors (Lipinski definition) is 3. The van der Waals surface area contributed by atoms with E-state index in [1.165, 1.54) is 11.8 Å². The Labute approximate surface area is 175 Å². The van der Waals surface area contributed by atoms with Crippen molar-refractivity contribution in [1.82, 2.24) is 19.5 Å². The molecular weight excluding hydrogens is 411 g/mol. The van der Waals surface area contributed by atoms with E-state index >= 15 is 0 Å². The molecule has 3 heterocycles. The van der Waals surface area contributed by atoms with Gasteiger partial charge < -0.3 is 19.9 Å². The highest BCUT2D eigenvalue weighted by atomic mass is 32.2. The Morgan fingerprint density at radius 2 is 2.03 bits per heavy atom. The predicted molar refractivity (Wildman–Crippen MR) is 120 cm³/mol. The first kappa shape index (κ1) is 22.6. The molecule has 0 spiro atoms. The maximum atomic E-state index is 12.4. The standard InChI is InChI=1S/C19H31N4O4PS/c1-6-7-10-29-19-22-13-16(20-11(2)21-17(13)26)23(19)18-15(25)14(24)12(27-18)8-9-28(3,4)5/h12,14-15,18,24-25H,3,6-10H2,1-2,4-5H3,(H,20,21,26)/t12-,14-,15-,18?/m1/s1. The molecule has 0 saturated carbocycles. The zero-order valence-corrected chi connectivity index (χ0v) is 19.2. The fourth-order valence-corrected chi connectivity index (χ4v) is 5.42. The normalized spacial score (nSPS) is 25.2. The molecule has 4 atom stereocenters. The van der Waals surface area contributed by atoms with Crippen LogP contribution in [0.15, 0.2) is 9.95 Å². The molecule has 0 bridgehead atoms. The first-order chi connectivity index (χ1) is 13.6. The Morgan fingerprint density at radius 3 is 2.69 bits per heavy atom. The highest BCUT2D eigenvalue weighted by Gasteiger charge is 2.45. The number of nitrogens with zero attached hydrogens (tertiary/aromatic N) is 3. The summed E-state index contributed by atoms with van der Waals surface area (Å²) in [6, 6.07) is 0. The highest BCUT2D eigenvalue weighted by molar-refractivity contribution is 7.99. The van der Waals surface area contributed by atoms with Gasteiger partial charge in [0.15, 0.2) is 22.5 Å². The van der Waals surface area contributed by atoms with Crippen LogP contribution >= 0.6 is 18.6 Å². The summed E-state index contributed by atoms with van der Waals surface area (Å²) in [7, 11) is 0.